The molecule has 0 radical (unpaired) electrons. The zero-order valence-corrected chi connectivity index (χ0v) is 9.64. The Morgan fingerprint density at radius 2 is 1.73 bits per heavy atom. The monoisotopic (exact) mass is 217 g/mol. The van der Waals surface area contributed by atoms with E-state index in [1.54, 1.807) is 0 Å². The highest BCUT2D eigenvalue weighted by Gasteiger charge is 2.17. The fourth-order valence-electron chi connectivity index (χ4n) is 1.13. The summed E-state index contributed by atoms with van der Waals surface area (Å²) in [5.41, 5.74) is 0. The van der Waals surface area contributed by atoms with Crippen molar-refractivity contribution in [3.05, 3.63) is 0 Å². The maximum Gasteiger partial charge on any atom is 0.332 e. The number of carboxylic acid groups (broad SMARTS) is 1. The molecule has 0 aromatic heterocycles. The number of carbonyl (C=O) groups is 1. The van der Waals surface area contributed by atoms with Crippen LogP contribution in [0.3, 0.4) is 0 Å². The highest BCUT2D eigenvalue weighted by Crippen LogP contribution is 2.01. The second-order valence-electron chi connectivity index (χ2n) is 3.38. The minimum absolute atomic E-state index is 1.09. The van der Waals surface area contributed by atoms with Gasteiger partial charge in [0.1, 0.15) is 6.10 Å². The van der Waals surface area contributed by atoms with Crippen LogP contribution in [0, 0.1) is 0 Å². The van der Waals surface area contributed by atoms with E-state index in [-0.39, 0.29) is 0 Å². The lowest BCUT2D eigenvalue weighted by atomic mass is 10.4. The normalized spacial score (nSPS) is 17.0. The van der Waals surface area contributed by atoms with Gasteiger partial charge in [0.25, 0.3) is 0 Å². The van der Waals surface area contributed by atoms with E-state index < -0.39 is 12.1 Å². The van der Waals surface area contributed by atoms with Crippen molar-refractivity contribution < 1.29 is 15.0 Å². The van der Waals surface area contributed by atoms with E-state index in [4.69, 9.17) is 10.2 Å². The maximum absolute atomic E-state index is 9.45. The molecule has 2 N–H and O–H groups in total. The van der Waals surface area contributed by atoms with Crippen LogP contribution in [-0.2, 0) is 4.79 Å². The maximum atomic E-state index is 9.45. The summed E-state index contributed by atoms with van der Waals surface area (Å²) in [6.07, 6.45) is -1.23. The van der Waals surface area contributed by atoms with Gasteiger partial charge < -0.3 is 20.0 Å². The third kappa shape index (κ3) is 4.64. The van der Waals surface area contributed by atoms with Gasteiger partial charge >= 0.3 is 5.97 Å². The molecule has 0 saturated carbocycles. The summed E-state index contributed by atoms with van der Waals surface area (Å²) in [4.78, 5) is 17.9. The average molecular weight is 217 g/mol. The minimum atomic E-state index is -1.23. The second-order valence-corrected chi connectivity index (χ2v) is 3.38. The first-order chi connectivity index (χ1) is 6.90. The van der Waals surface area contributed by atoms with Crippen LogP contribution in [0.4, 0.5) is 0 Å². The van der Waals surface area contributed by atoms with Crippen LogP contribution in [0.15, 0.2) is 4.99 Å². The molecule has 6 heteroatoms. The number of rotatable bonds is 1. The fraction of sp³-hybridized carbons (Fsp3) is 0.778. The van der Waals surface area contributed by atoms with Gasteiger partial charge in [-0.05, 0) is 6.92 Å². The number of carboxylic acids is 1. The molecule has 1 unspecified atom stereocenters. The molecule has 0 aromatic carbocycles. The zero-order chi connectivity index (χ0) is 12.0. The standard InChI is InChI=1S/C6H13N3.C3H6O3/c1-7-6-8(2)4-5-9(6)3;1-2(4)3(5)6/h4-5H2,1-3H3;2,4H,1H3,(H,5,6). The predicted molar refractivity (Wildman–Crippen MR) is 57.9 cm³/mol. The quantitative estimate of drug-likeness (QED) is 0.607. The van der Waals surface area contributed by atoms with Crippen LogP contribution in [0.1, 0.15) is 6.92 Å². The van der Waals surface area contributed by atoms with Crippen LogP contribution < -0.4 is 0 Å². The molecule has 1 fully saturated rings. The molecular weight excluding hydrogens is 198 g/mol. The van der Waals surface area contributed by atoms with Crippen molar-refractivity contribution >= 4 is 11.9 Å². The van der Waals surface area contributed by atoms with Crippen molar-refractivity contribution in [3.63, 3.8) is 0 Å². The number of aliphatic hydroxyl groups is 1. The van der Waals surface area contributed by atoms with E-state index in [1.165, 1.54) is 6.92 Å². The lowest BCUT2D eigenvalue weighted by Gasteiger charge is -2.13. The molecule has 1 atom stereocenters. The van der Waals surface area contributed by atoms with Crippen molar-refractivity contribution in [1.29, 1.82) is 0 Å². The van der Waals surface area contributed by atoms with E-state index in [1.807, 2.05) is 7.05 Å². The first-order valence-electron chi connectivity index (χ1n) is 4.70. The summed E-state index contributed by atoms with van der Waals surface area (Å²) < 4.78 is 0. The second kappa shape index (κ2) is 6.23. The Morgan fingerprint density at radius 3 is 1.87 bits per heavy atom. The summed E-state index contributed by atoms with van der Waals surface area (Å²) >= 11 is 0. The SMILES string of the molecule is CC(O)C(=O)O.CN=C1N(C)CCN1C. The first kappa shape index (κ1) is 13.7. The van der Waals surface area contributed by atoms with Crippen molar-refractivity contribution in [2.45, 2.75) is 13.0 Å². The van der Waals surface area contributed by atoms with E-state index in [2.05, 4.69) is 28.9 Å². The Kier molecular flexibility index (Phi) is 5.69. The van der Waals surface area contributed by atoms with Crippen molar-refractivity contribution in [2.75, 3.05) is 34.2 Å². The number of aliphatic carboxylic acids is 1. The number of aliphatic imine (C=N–C) groups is 1. The van der Waals surface area contributed by atoms with Crippen LogP contribution in [0.25, 0.3) is 0 Å². The van der Waals surface area contributed by atoms with Crippen molar-refractivity contribution in [3.8, 4) is 0 Å². The highest BCUT2D eigenvalue weighted by molar-refractivity contribution is 5.81. The third-order valence-corrected chi connectivity index (χ3v) is 2.01. The van der Waals surface area contributed by atoms with E-state index in [0.717, 1.165) is 19.0 Å². The summed E-state index contributed by atoms with van der Waals surface area (Å²) in [6, 6.07) is 0. The molecule has 0 aliphatic carbocycles. The number of hydrogen-bond donors (Lipinski definition) is 2. The lowest BCUT2D eigenvalue weighted by molar-refractivity contribution is -0.145. The topological polar surface area (TPSA) is 76.4 Å². The largest absolute Gasteiger partial charge is 0.479 e. The van der Waals surface area contributed by atoms with Crippen molar-refractivity contribution in [1.82, 2.24) is 9.80 Å². The summed E-state index contributed by atoms with van der Waals surface area (Å²) in [7, 11) is 5.95. The fourth-order valence-corrected chi connectivity index (χ4v) is 1.13. The van der Waals surface area contributed by atoms with Gasteiger partial charge in [-0.2, -0.15) is 0 Å². The highest BCUT2D eigenvalue weighted by atomic mass is 16.4. The molecule has 0 aromatic rings. The van der Waals surface area contributed by atoms with Gasteiger partial charge in [0.05, 0.1) is 0 Å². The Hall–Kier alpha value is -1.30. The Labute approximate surface area is 89.8 Å². The molecule has 0 spiro atoms. The first-order valence-corrected chi connectivity index (χ1v) is 4.70. The van der Waals surface area contributed by atoms with Crippen LogP contribution >= 0.6 is 0 Å². The lowest BCUT2D eigenvalue weighted by Crippen LogP contribution is -2.27. The summed E-state index contributed by atoms with van der Waals surface area (Å²) in [6.45, 7) is 3.40. The summed E-state index contributed by atoms with van der Waals surface area (Å²) in [5, 5.41) is 15.8. The minimum Gasteiger partial charge on any atom is -0.479 e. The van der Waals surface area contributed by atoms with Crippen LogP contribution in [-0.4, -0.2) is 72.3 Å². The molecule has 0 bridgehead atoms. The molecule has 0 amide bonds. The van der Waals surface area contributed by atoms with Gasteiger partial charge in [-0.25, -0.2) is 4.79 Å². The average Bonchev–Trinajstić information content (AvgIpc) is 2.46. The van der Waals surface area contributed by atoms with Gasteiger partial charge in [-0.3, -0.25) is 4.99 Å². The number of nitrogens with zero attached hydrogens (tertiary/aromatic N) is 3. The molecule has 1 aliphatic rings. The molecular formula is C9H19N3O3. The molecule has 6 nitrogen and oxygen atoms in total. The van der Waals surface area contributed by atoms with Gasteiger partial charge in [0.2, 0.25) is 0 Å². The summed E-state index contributed by atoms with van der Waals surface area (Å²) in [5.74, 6) is -0.0926. The van der Waals surface area contributed by atoms with Crippen molar-refractivity contribution in [2.24, 2.45) is 4.99 Å². The third-order valence-electron chi connectivity index (χ3n) is 2.01. The van der Waals surface area contributed by atoms with E-state index in [0.29, 0.717) is 0 Å². The van der Waals surface area contributed by atoms with Gasteiger partial charge in [-0.1, -0.05) is 0 Å². The molecule has 88 valence electrons. The molecule has 1 saturated heterocycles. The smallest absolute Gasteiger partial charge is 0.332 e. The van der Waals surface area contributed by atoms with Crippen LogP contribution in [0.5, 0.6) is 0 Å². The Balaban J connectivity index is 0.000000288. The van der Waals surface area contributed by atoms with Gasteiger partial charge in [-0.15, -0.1) is 0 Å². The molecule has 1 aliphatic heterocycles. The zero-order valence-electron chi connectivity index (χ0n) is 9.64. The van der Waals surface area contributed by atoms with E-state index in [9.17, 15) is 4.79 Å². The number of aliphatic hydroxyl groups excluding tert-OH is 1. The van der Waals surface area contributed by atoms with Crippen LogP contribution in [0.2, 0.25) is 0 Å². The Bertz CT molecular complexity index is 229. The number of guanidine groups is 1. The molecule has 1 rings (SSSR count). The van der Waals surface area contributed by atoms with Gasteiger partial charge in [0.15, 0.2) is 5.96 Å². The van der Waals surface area contributed by atoms with E-state index >= 15 is 0 Å². The molecule has 15 heavy (non-hydrogen) atoms. The number of likely N-dealkylation sites (N-methyl/N-ethyl adjacent to an activating group) is 2. The number of hydrogen-bond acceptors (Lipinski definition) is 3. The molecule has 1 heterocycles. The van der Waals surface area contributed by atoms with Gasteiger partial charge in [0, 0.05) is 34.2 Å². The Morgan fingerprint density at radius 1 is 1.40 bits per heavy atom. The predicted octanol–water partition coefficient (Wildman–Crippen LogP) is -0.699.